The fourth-order valence-corrected chi connectivity index (χ4v) is 2.71. The quantitative estimate of drug-likeness (QED) is 0.847. The number of benzene rings is 2. The third kappa shape index (κ3) is 1.38. The first-order valence-corrected chi connectivity index (χ1v) is 5.76. The number of fused-ring (bicyclic) bond motifs is 3. The molecule has 3 rings (SSSR count). The first kappa shape index (κ1) is 11.0. The third-order valence-corrected chi connectivity index (χ3v) is 3.44. The Bertz CT molecular complexity index is 586. The second-order valence-electron chi connectivity index (χ2n) is 4.52. The van der Waals surface area contributed by atoms with Gasteiger partial charge in [-0.3, -0.25) is 4.79 Å². The van der Waals surface area contributed by atoms with Gasteiger partial charge in [0.05, 0.1) is 6.42 Å². The van der Waals surface area contributed by atoms with Crippen LogP contribution in [-0.4, -0.2) is 16.2 Å². The van der Waals surface area contributed by atoms with Gasteiger partial charge in [0.15, 0.2) is 0 Å². The molecule has 0 aromatic heterocycles. The Morgan fingerprint density at radius 3 is 1.83 bits per heavy atom. The molecule has 0 heterocycles. The van der Waals surface area contributed by atoms with Crippen molar-refractivity contribution >= 4 is 5.97 Å². The van der Waals surface area contributed by atoms with Crippen molar-refractivity contribution in [2.24, 2.45) is 0 Å². The molecule has 90 valence electrons. The zero-order chi connectivity index (χ0) is 12.8. The van der Waals surface area contributed by atoms with E-state index in [1.165, 1.54) is 0 Å². The Morgan fingerprint density at radius 2 is 1.39 bits per heavy atom. The Hall–Kier alpha value is -2.13. The van der Waals surface area contributed by atoms with Gasteiger partial charge in [0.25, 0.3) is 0 Å². The van der Waals surface area contributed by atoms with Gasteiger partial charge in [0, 0.05) is 0 Å². The van der Waals surface area contributed by atoms with Crippen molar-refractivity contribution in [2.75, 3.05) is 0 Å². The van der Waals surface area contributed by atoms with Crippen molar-refractivity contribution in [1.82, 2.24) is 0 Å². The molecule has 0 atom stereocenters. The summed E-state index contributed by atoms with van der Waals surface area (Å²) >= 11 is 0. The summed E-state index contributed by atoms with van der Waals surface area (Å²) in [6.07, 6.45) is -0.318. The molecule has 0 fully saturated rings. The lowest BCUT2D eigenvalue weighted by molar-refractivity contribution is -0.141. The summed E-state index contributed by atoms with van der Waals surface area (Å²) in [5.41, 5.74) is 1.76. The van der Waals surface area contributed by atoms with Gasteiger partial charge in [-0.2, -0.15) is 0 Å². The highest BCUT2D eigenvalue weighted by atomic mass is 16.4. The number of aliphatic hydroxyl groups is 1. The number of aliphatic carboxylic acids is 1. The Morgan fingerprint density at radius 1 is 0.944 bits per heavy atom. The van der Waals surface area contributed by atoms with Crippen LogP contribution in [0.2, 0.25) is 0 Å². The normalized spacial score (nSPS) is 14.9. The molecule has 0 unspecified atom stereocenters. The van der Waals surface area contributed by atoms with Crippen molar-refractivity contribution in [1.29, 1.82) is 0 Å². The average molecular weight is 240 g/mol. The fourth-order valence-electron chi connectivity index (χ4n) is 2.71. The molecular weight excluding hydrogens is 228 g/mol. The predicted molar refractivity (Wildman–Crippen MR) is 67.1 cm³/mol. The minimum absolute atomic E-state index is 0.318. The molecule has 0 bridgehead atoms. The topological polar surface area (TPSA) is 57.5 Å². The number of hydrogen-bond acceptors (Lipinski definition) is 2. The number of carboxylic acid groups (broad SMARTS) is 1. The maximum atomic E-state index is 11.0. The van der Waals surface area contributed by atoms with Gasteiger partial charge < -0.3 is 10.2 Å². The van der Waals surface area contributed by atoms with Gasteiger partial charge in [0.2, 0.25) is 0 Å². The summed E-state index contributed by atoms with van der Waals surface area (Å²) in [5.74, 6) is -1.01. The third-order valence-electron chi connectivity index (χ3n) is 3.44. The van der Waals surface area contributed by atoms with Gasteiger partial charge in [-0.1, -0.05) is 48.5 Å². The minimum Gasteiger partial charge on any atom is -0.481 e. The molecule has 0 aliphatic heterocycles. The molecule has 0 amide bonds. The van der Waals surface area contributed by atoms with Crippen molar-refractivity contribution in [2.45, 2.75) is 12.0 Å². The average Bonchev–Trinajstić information content (AvgIpc) is 2.61. The van der Waals surface area contributed by atoms with Crippen LogP contribution in [0.25, 0.3) is 11.1 Å². The summed E-state index contributed by atoms with van der Waals surface area (Å²) in [6, 6.07) is 14.8. The standard InChI is InChI=1S/C15H12O3/c16-14(17)9-15(18)12-7-3-1-5-10(12)11-6-2-4-8-13(11)15/h1-8,18H,9H2,(H,16,17). The molecule has 0 saturated heterocycles. The Balaban J connectivity index is 2.30. The van der Waals surface area contributed by atoms with Gasteiger partial charge in [-0.15, -0.1) is 0 Å². The van der Waals surface area contributed by atoms with Gasteiger partial charge >= 0.3 is 5.97 Å². The molecule has 2 aromatic carbocycles. The molecule has 0 spiro atoms. The number of rotatable bonds is 2. The van der Waals surface area contributed by atoms with Crippen LogP contribution in [0.15, 0.2) is 48.5 Å². The molecule has 1 aliphatic rings. The SMILES string of the molecule is O=C(O)CC1(O)c2ccccc2-c2ccccc21. The van der Waals surface area contributed by atoms with E-state index in [1.54, 1.807) is 12.1 Å². The van der Waals surface area contributed by atoms with E-state index in [0.29, 0.717) is 11.1 Å². The lowest BCUT2D eigenvalue weighted by Gasteiger charge is -2.23. The molecule has 0 radical (unpaired) electrons. The smallest absolute Gasteiger partial charge is 0.307 e. The minimum atomic E-state index is -1.42. The first-order chi connectivity index (χ1) is 8.63. The largest absolute Gasteiger partial charge is 0.481 e. The molecule has 18 heavy (non-hydrogen) atoms. The zero-order valence-corrected chi connectivity index (χ0v) is 9.63. The predicted octanol–water partition coefficient (Wildman–Crippen LogP) is 2.38. The van der Waals surface area contributed by atoms with Crippen molar-refractivity contribution < 1.29 is 15.0 Å². The lowest BCUT2D eigenvalue weighted by atomic mass is 9.88. The summed E-state index contributed by atoms with van der Waals surface area (Å²) < 4.78 is 0. The molecule has 1 aliphatic carbocycles. The van der Waals surface area contributed by atoms with Crippen LogP contribution >= 0.6 is 0 Å². The van der Waals surface area contributed by atoms with Crippen LogP contribution in [0.5, 0.6) is 0 Å². The van der Waals surface area contributed by atoms with E-state index in [0.717, 1.165) is 11.1 Å². The Kier molecular flexibility index (Phi) is 2.25. The van der Waals surface area contributed by atoms with E-state index in [4.69, 9.17) is 5.11 Å². The molecule has 3 nitrogen and oxygen atoms in total. The zero-order valence-electron chi connectivity index (χ0n) is 9.63. The number of hydrogen-bond donors (Lipinski definition) is 2. The van der Waals surface area contributed by atoms with Crippen LogP contribution in [0.4, 0.5) is 0 Å². The summed E-state index contributed by atoms with van der Waals surface area (Å²) in [7, 11) is 0. The van der Waals surface area contributed by atoms with Crippen LogP contribution in [0.3, 0.4) is 0 Å². The Labute approximate surface area is 104 Å². The van der Waals surface area contributed by atoms with Gasteiger partial charge in [-0.05, 0) is 22.3 Å². The first-order valence-electron chi connectivity index (χ1n) is 5.76. The van der Waals surface area contributed by atoms with Crippen LogP contribution < -0.4 is 0 Å². The van der Waals surface area contributed by atoms with E-state index in [1.807, 2.05) is 36.4 Å². The molecule has 0 saturated carbocycles. The van der Waals surface area contributed by atoms with E-state index < -0.39 is 11.6 Å². The highest BCUT2D eigenvalue weighted by Crippen LogP contribution is 2.48. The summed E-state index contributed by atoms with van der Waals surface area (Å²) in [5, 5.41) is 19.8. The lowest BCUT2D eigenvalue weighted by Crippen LogP contribution is -2.27. The van der Waals surface area contributed by atoms with Crippen molar-refractivity contribution in [3.63, 3.8) is 0 Å². The summed E-state index contributed by atoms with van der Waals surface area (Å²) in [6.45, 7) is 0. The van der Waals surface area contributed by atoms with Crippen LogP contribution in [-0.2, 0) is 10.4 Å². The monoisotopic (exact) mass is 240 g/mol. The van der Waals surface area contributed by atoms with Gasteiger partial charge in [-0.25, -0.2) is 0 Å². The van der Waals surface area contributed by atoms with E-state index >= 15 is 0 Å². The highest BCUT2D eigenvalue weighted by Gasteiger charge is 2.42. The van der Waals surface area contributed by atoms with Crippen molar-refractivity contribution in [3.05, 3.63) is 59.7 Å². The molecule has 3 heteroatoms. The molecule has 2 N–H and O–H groups in total. The van der Waals surface area contributed by atoms with E-state index in [-0.39, 0.29) is 6.42 Å². The number of carbonyl (C=O) groups is 1. The maximum absolute atomic E-state index is 11.0. The second-order valence-corrected chi connectivity index (χ2v) is 4.52. The number of carboxylic acids is 1. The second kappa shape index (κ2) is 3.68. The molecule has 2 aromatic rings. The summed E-state index contributed by atoms with van der Waals surface area (Å²) in [4.78, 5) is 11.0. The fraction of sp³-hybridized carbons (Fsp3) is 0.133. The van der Waals surface area contributed by atoms with E-state index in [9.17, 15) is 9.90 Å². The maximum Gasteiger partial charge on any atom is 0.307 e. The van der Waals surface area contributed by atoms with Gasteiger partial charge in [0.1, 0.15) is 5.60 Å². The van der Waals surface area contributed by atoms with Crippen molar-refractivity contribution in [3.8, 4) is 11.1 Å². The molecular formula is C15H12O3. The van der Waals surface area contributed by atoms with E-state index in [2.05, 4.69) is 0 Å². The van der Waals surface area contributed by atoms with Crippen LogP contribution in [0.1, 0.15) is 17.5 Å². The van der Waals surface area contributed by atoms with Crippen LogP contribution in [0, 0.1) is 0 Å². The highest BCUT2D eigenvalue weighted by molar-refractivity contribution is 5.83.